The fraction of sp³-hybridized carbons (Fsp3) is 0.0455. The third-order valence-electron chi connectivity index (χ3n) is 0.940. The van der Waals surface area contributed by atoms with Crippen LogP contribution in [0.3, 0.4) is 0 Å². The minimum Gasteiger partial charge on any atom is -0.822 e. The summed E-state index contributed by atoms with van der Waals surface area (Å²) in [7, 11) is -108. The van der Waals surface area contributed by atoms with Gasteiger partial charge in [0, 0.05) is 0 Å². The van der Waals surface area contributed by atoms with Crippen molar-refractivity contribution in [3.63, 3.8) is 0 Å². The molecule has 1 rings (SSSR count). The minimum absolute atomic E-state index is 0. The summed E-state index contributed by atoms with van der Waals surface area (Å²) in [5.74, 6) is 0. The monoisotopic (exact) mass is 2170 g/mol. The number of hydrogen-bond acceptors (Lipinski definition) is 80. The van der Waals surface area contributed by atoms with Crippen LogP contribution in [0.25, 0.3) is 0 Å². The number of phosphoric acid groups is 20. The first-order valence-corrected chi connectivity index (χ1v) is 46.2. The zero-order chi connectivity index (χ0) is 95.1. The van der Waals surface area contributed by atoms with Gasteiger partial charge < -0.3 is 385 Å². The van der Waals surface area contributed by atoms with Crippen LogP contribution >= 0.6 is 156 Å². The van der Waals surface area contributed by atoms with E-state index in [0.29, 0.717) is 0 Å². The quantitative estimate of drug-likeness (QED) is 0.218. The summed E-state index contributed by atoms with van der Waals surface area (Å²) in [5.41, 5.74) is 1.32. The third-order valence-corrected chi connectivity index (χ3v) is 0.940. The van der Waals surface area contributed by atoms with Gasteiger partial charge >= 0.3 is 111 Å². The largest absolute Gasteiger partial charge is 4.00 e. The van der Waals surface area contributed by atoms with Crippen molar-refractivity contribution < 1.29 is 385 Å². The third kappa shape index (κ3) is 19800. The summed E-state index contributed by atoms with van der Waals surface area (Å²) in [6.45, 7) is 2.08. The average Bonchev–Trinajstić information content (AvgIpc) is 3.01. The van der Waals surface area contributed by atoms with Gasteiger partial charge in [-0.1, -0.05) is 35.9 Å². The molecule has 676 valence electrons. The zero-order valence-corrected chi connectivity index (χ0v) is 71.4. The van der Waals surface area contributed by atoms with Crippen LogP contribution in [0.2, 0.25) is 0 Å². The van der Waals surface area contributed by atoms with Crippen LogP contribution in [0.15, 0.2) is 30.3 Å². The maximum atomic E-state index is 8.55. The van der Waals surface area contributed by atoms with Crippen LogP contribution in [0, 0.1) is 118 Å². The van der Waals surface area contributed by atoms with Crippen LogP contribution in [0.1, 0.15) is 5.56 Å². The molecule has 100 heteroatoms. The molecule has 0 radical (unpaired) electrons. The van der Waals surface area contributed by atoms with Crippen LogP contribution in [-0.2, 0) is 91.3 Å². The zero-order valence-electron chi connectivity index (χ0n) is 53.5. The molecule has 0 saturated carbocycles. The van der Waals surface area contributed by atoms with Crippen LogP contribution in [-0.4, -0.2) is 0 Å². The smallest absolute Gasteiger partial charge is 0.822 e. The molecule has 0 aromatic heterocycles. The summed E-state index contributed by atoms with van der Waals surface area (Å²) in [4.78, 5) is 513. The molecule has 122 heavy (non-hydrogen) atoms. The second-order valence-corrected chi connectivity index (χ2v) is 28.5. The van der Waals surface area contributed by atoms with E-state index in [1.54, 1.807) is 0 Å². The van der Waals surface area contributed by atoms with Crippen molar-refractivity contribution in [2.24, 2.45) is 0 Å². The molecule has 1 aromatic rings. The normalized spacial score (nSPS) is 10.2. The number of hydrogen-bond donors (Lipinski definition) is 0. The Bertz CT molecular complexity index is 2260. The first-order valence-electron chi connectivity index (χ1n) is 17.0. The predicted octanol–water partition coefficient (Wildman–Crippen LogP) is -53.3. The molecule has 0 saturated heterocycles. The Kier molecular flexibility index (Phi) is 209. The fourth-order valence-electron chi connectivity index (χ4n) is 0.534. The number of aryl methyl sites for hydroxylation is 1. The Hall–Kier alpha value is 1.42. The second kappa shape index (κ2) is 108. The predicted molar refractivity (Wildman–Crippen MR) is 232 cm³/mol. The molecule has 0 aliphatic rings. The maximum Gasteiger partial charge on any atom is 4.00 e. The van der Waals surface area contributed by atoms with Crippen LogP contribution in [0.5, 0.6) is 0 Å². The van der Waals surface area contributed by atoms with Gasteiger partial charge in [-0.25, -0.2) is 0 Å². The molecule has 1 aromatic carbocycles. The maximum absolute atomic E-state index is 8.55. The molecule has 0 bridgehead atoms. The Morgan fingerprint density at radius 1 is 0.115 bits per heavy atom. The average molecular weight is 2170 g/mol. The molecule has 0 aliphatic carbocycles. The van der Waals surface area contributed by atoms with Crippen LogP contribution in [0.4, 0.5) is 0 Å². The van der Waals surface area contributed by atoms with Crippen molar-refractivity contribution in [3.05, 3.63) is 147 Å². The van der Waals surface area contributed by atoms with Gasteiger partial charge in [0.25, 0.3) is 0 Å². The van der Waals surface area contributed by atoms with E-state index < -0.39 is 156 Å². The van der Waals surface area contributed by atoms with Crippen LogP contribution < -0.4 is 294 Å². The molecule has 0 unspecified atom stereocenters. The van der Waals surface area contributed by atoms with Gasteiger partial charge in [0.05, 0.1) is 0 Å². The Morgan fingerprint density at radius 3 is 0.164 bits per heavy atom. The van der Waals surface area contributed by atoms with E-state index in [1.807, 2.05) is 18.2 Å². The van der Waals surface area contributed by atoms with E-state index in [1.165, 1.54) is 5.56 Å². The summed E-state index contributed by atoms with van der Waals surface area (Å²) < 4.78 is 171. The van der Waals surface area contributed by atoms with Gasteiger partial charge in [-0.3, -0.25) is 0 Å². The van der Waals surface area contributed by atoms with Gasteiger partial charge in [0.1, 0.15) is 0 Å². The molecule has 80 nitrogen and oxygen atoms in total. The molecule has 0 fully saturated rings. The summed E-state index contributed by atoms with van der Waals surface area (Å²) in [5, 5.41) is 0. The van der Waals surface area contributed by atoms with E-state index in [9.17, 15) is 0 Å². The summed E-state index contributed by atoms with van der Waals surface area (Å²) in [6.07, 6.45) is 0. The molecule has 0 aliphatic heterocycles. The molecule has 0 spiro atoms. The fourth-order valence-corrected chi connectivity index (χ4v) is 0.534. The van der Waals surface area contributed by atoms with Gasteiger partial charge in [0.2, 0.25) is 0 Å². The van der Waals surface area contributed by atoms with Gasteiger partial charge in [-0.15, -0.1) is 0 Å². The van der Waals surface area contributed by atoms with E-state index in [0.717, 1.165) is 0 Å². The van der Waals surface area contributed by atoms with Crippen molar-refractivity contribution in [1.29, 1.82) is 0 Å². The SMILES string of the molecule is Cc1ccccc1.O=P([O-])([O-])[O-].O=P([O-])([O-])[O-].O=P([O-])([O-])[O-].O=P([O-])([O-])[O-].O=P([O-])([O-])[O-].O=P([O-])([O-])[O-].O=P([O-])([O-])[O-].O=P([O-])([O-])[O-].O=P([O-])([O-])[O-].O=P([O-])([O-])[O-].O=P([O-])([O-])[O-].O=P([O-])([O-])[O-].O=P([O-])([O-])[O-].O=P([O-])([O-])[O-].O=P([O-])([O-])[O-].O=P([O-])([O-])[O-].O=P([O-])([O-])[O-].O=P([O-])([O-])[O-].O=P([O-])([O-])[O-].O=P([O-])([O-])[O-].[C+4].[C+4].[C+4].[C+4].[C+4].[C+4].[C+4].[C+4].[C+4].[C+4].[C+4].[C+4].[C+4].[C+4].[C+4]. The summed E-state index contributed by atoms with van der Waals surface area (Å²) >= 11 is 0. The topological polar surface area (TPSA) is 1720 Å². The number of rotatable bonds is 0. The van der Waals surface area contributed by atoms with E-state index in [-0.39, 0.29) is 111 Å². The Balaban J connectivity index is -0.0000000196. The molecule has 0 heterocycles. The molecular weight excluding hydrogens is 2160 g/mol. The Morgan fingerprint density at radius 2 is 0.148 bits per heavy atom. The molecule has 0 N–H and O–H groups in total. The van der Waals surface area contributed by atoms with Crippen molar-refractivity contribution in [3.8, 4) is 0 Å². The molecule has 0 atom stereocenters. The van der Waals surface area contributed by atoms with Crippen molar-refractivity contribution >= 4 is 156 Å². The Labute approximate surface area is 693 Å². The first-order chi connectivity index (χ1) is 43.4. The van der Waals surface area contributed by atoms with Crippen molar-refractivity contribution in [1.82, 2.24) is 0 Å². The molecular formula is C22H8O80P20. The van der Waals surface area contributed by atoms with Gasteiger partial charge in [-0.05, 0) is 6.92 Å². The van der Waals surface area contributed by atoms with Crippen molar-refractivity contribution in [2.75, 3.05) is 0 Å². The standard InChI is InChI=1S/C7H8.15C.20H3O4P/c1-7-5-3-2-4-6-7;;;;;;;;;;;;;;;;20*1-5(2,3)4/h2-6H,1H3;;;;;;;;;;;;;;;;20*(H3,1,2,3,4)/q;15*+4;;;;;;;;;;;;;;;;;;;;/p-60. The van der Waals surface area contributed by atoms with Gasteiger partial charge in [0.15, 0.2) is 0 Å². The van der Waals surface area contributed by atoms with E-state index in [4.69, 9.17) is 385 Å². The number of benzene rings is 1. The second-order valence-electron chi connectivity index (χ2n) is 10.6. The van der Waals surface area contributed by atoms with E-state index >= 15 is 0 Å². The minimum atomic E-state index is -5.39. The first kappa shape index (κ1) is 237. The van der Waals surface area contributed by atoms with Crippen molar-refractivity contribution in [2.45, 2.75) is 6.92 Å². The van der Waals surface area contributed by atoms with E-state index in [2.05, 4.69) is 19.1 Å². The van der Waals surface area contributed by atoms with Gasteiger partial charge in [-0.2, -0.15) is 156 Å². The summed E-state index contributed by atoms with van der Waals surface area (Å²) in [6, 6.07) is 10.3. The molecule has 0 amide bonds.